The Hall–Kier alpha value is -2.46. The highest BCUT2D eigenvalue weighted by molar-refractivity contribution is 7.89. The first-order chi connectivity index (χ1) is 15.5. The average Bonchev–Trinajstić information content (AvgIpc) is 3.48. The second-order valence-corrected chi connectivity index (χ2v) is 10.7. The molecule has 5 rings (SSSR count). The van der Waals surface area contributed by atoms with Crippen LogP contribution in [0, 0.1) is 0 Å². The van der Waals surface area contributed by atoms with Gasteiger partial charge in [0.2, 0.25) is 10.0 Å². The van der Waals surface area contributed by atoms with Gasteiger partial charge in [0.15, 0.2) is 0 Å². The number of fused-ring (bicyclic) bond motifs is 1. The van der Waals surface area contributed by atoms with Crippen molar-refractivity contribution in [3.8, 4) is 22.1 Å². The normalized spacial score (nSPS) is 17.2. The van der Waals surface area contributed by atoms with Gasteiger partial charge >= 0.3 is 0 Å². The second-order valence-electron chi connectivity index (χ2n) is 7.92. The summed E-state index contributed by atoms with van der Waals surface area (Å²) in [6, 6.07) is 13.1. The molecule has 1 saturated heterocycles. The molecule has 1 aromatic heterocycles. The van der Waals surface area contributed by atoms with Crippen LogP contribution in [-0.2, 0) is 23.0 Å². The van der Waals surface area contributed by atoms with E-state index < -0.39 is 10.0 Å². The maximum absolute atomic E-state index is 13.1. The molecule has 0 atom stereocenters. The fourth-order valence-corrected chi connectivity index (χ4v) is 6.37. The number of aromatic nitrogens is 1. The van der Waals surface area contributed by atoms with Gasteiger partial charge in [0.1, 0.15) is 16.5 Å². The largest absolute Gasteiger partial charge is 0.497 e. The van der Waals surface area contributed by atoms with Crippen molar-refractivity contribution in [3.63, 3.8) is 0 Å². The Labute approximate surface area is 192 Å². The first kappa shape index (κ1) is 21.4. The molecule has 1 fully saturated rings. The number of sulfonamides is 1. The van der Waals surface area contributed by atoms with E-state index in [0.29, 0.717) is 37.7 Å². The average molecular weight is 472 g/mol. The van der Waals surface area contributed by atoms with Crippen LogP contribution in [0.4, 0.5) is 0 Å². The smallest absolute Gasteiger partial charge is 0.243 e. The van der Waals surface area contributed by atoms with Gasteiger partial charge in [0.05, 0.1) is 24.3 Å². The molecule has 32 heavy (non-hydrogen) atoms. The van der Waals surface area contributed by atoms with Crippen molar-refractivity contribution in [1.29, 1.82) is 0 Å². The number of methoxy groups -OCH3 is 1. The van der Waals surface area contributed by atoms with E-state index in [-0.39, 0.29) is 0 Å². The molecule has 0 bridgehead atoms. The summed E-state index contributed by atoms with van der Waals surface area (Å²) in [7, 11) is -1.84. The summed E-state index contributed by atoms with van der Waals surface area (Å²) in [5.74, 6) is 1.62. The van der Waals surface area contributed by atoms with Crippen molar-refractivity contribution < 1.29 is 17.9 Å². The first-order valence-corrected chi connectivity index (χ1v) is 12.9. The summed E-state index contributed by atoms with van der Waals surface area (Å²) in [6.45, 7) is 3.66. The molecule has 0 radical (unpaired) electrons. The Balaban J connectivity index is 1.20. The summed E-state index contributed by atoms with van der Waals surface area (Å²) in [6.07, 6.45) is 0.763. The maximum Gasteiger partial charge on any atom is 0.243 e. The highest BCUT2D eigenvalue weighted by atomic mass is 32.2. The lowest BCUT2D eigenvalue weighted by Crippen LogP contribution is -2.48. The molecule has 168 valence electrons. The zero-order valence-electron chi connectivity index (χ0n) is 17.9. The molecule has 3 aromatic rings. The van der Waals surface area contributed by atoms with Crippen LogP contribution in [-0.4, -0.2) is 62.5 Å². The van der Waals surface area contributed by atoms with E-state index in [1.54, 1.807) is 41.0 Å². The molecular formula is C23H25N3O4S2. The van der Waals surface area contributed by atoms with Gasteiger partial charge in [-0.25, -0.2) is 13.4 Å². The van der Waals surface area contributed by atoms with E-state index in [2.05, 4.69) is 10.3 Å². The van der Waals surface area contributed by atoms with Crippen molar-refractivity contribution in [1.82, 2.24) is 14.2 Å². The zero-order chi connectivity index (χ0) is 22.1. The fourth-order valence-electron chi connectivity index (χ4n) is 4.08. The molecule has 0 N–H and O–H groups in total. The van der Waals surface area contributed by atoms with Gasteiger partial charge in [0.25, 0.3) is 0 Å². The Bertz CT molecular complexity index is 1200. The summed E-state index contributed by atoms with van der Waals surface area (Å²) in [5, 5.41) is 3.06. The van der Waals surface area contributed by atoms with Crippen molar-refractivity contribution in [2.75, 3.05) is 39.9 Å². The van der Waals surface area contributed by atoms with Crippen LogP contribution in [0.25, 0.3) is 10.6 Å². The SMILES string of the molecule is COc1ccc(-c2nc(CN3CCN(S(=O)(=O)c4ccc5c(c4)CCO5)CC3)cs2)cc1. The Morgan fingerprint density at radius 2 is 1.88 bits per heavy atom. The number of benzene rings is 2. The Kier molecular flexibility index (Phi) is 5.90. The molecule has 2 aliphatic rings. The molecule has 0 spiro atoms. The van der Waals surface area contributed by atoms with Crippen LogP contribution < -0.4 is 9.47 Å². The third-order valence-corrected chi connectivity index (χ3v) is 8.74. The zero-order valence-corrected chi connectivity index (χ0v) is 19.5. The van der Waals surface area contributed by atoms with E-state index >= 15 is 0 Å². The Morgan fingerprint density at radius 1 is 1.09 bits per heavy atom. The van der Waals surface area contributed by atoms with Crippen molar-refractivity contribution in [2.24, 2.45) is 0 Å². The van der Waals surface area contributed by atoms with Crippen LogP contribution in [0.3, 0.4) is 0 Å². The Morgan fingerprint density at radius 3 is 2.62 bits per heavy atom. The summed E-state index contributed by atoms with van der Waals surface area (Å²) in [4.78, 5) is 7.39. The monoisotopic (exact) mass is 471 g/mol. The molecule has 0 unspecified atom stereocenters. The summed E-state index contributed by atoms with van der Waals surface area (Å²) < 4.78 is 38.5. The number of piperazine rings is 1. The van der Waals surface area contributed by atoms with Gasteiger partial charge < -0.3 is 9.47 Å². The number of hydrogen-bond donors (Lipinski definition) is 0. The number of rotatable bonds is 6. The van der Waals surface area contributed by atoms with Gasteiger partial charge in [-0.15, -0.1) is 11.3 Å². The van der Waals surface area contributed by atoms with Crippen molar-refractivity contribution in [3.05, 3.63) is 59.1 Å². The lowest BCUT2D eigenvalue weighted by Gasteiger charge is -2.33. The third-order valence-electron chi connectivity index (χ3n) is 5.90. The molecular weight excluding hydrogens is 446 g/mol. The van der Waals surface area contributed by atoms with E-state index in [9.17, 15) is 8.42 Å². The predicted molar refractivity (Wildman–Crippen MR) is 124 cm³/mol. The first-order valence-electron chi connectivity index (χ1n) is 10.6. The third kappa shape index (κ3) is 4.25. The molecule has 2 aliphatic heterocycles. The number of thiazole rings is 1. The number of hydrogen-bond acceptors (Lipinski definition) is 7. The van der Waals surface area contributed by atoms with Gasteiger partial charge in [-0.05, 0) is 48.0 Å². The van der Waals surface area contributed by atoms with Gasteiger partial charge in [-0.3, -0.25) is 4.90 Å². The van der Waals surface area contributed by atoms with Crippen LogP contribution in [0.1, 0.15) is 11.3 Å². The summed E-state index contributed by atoms with van der Waals surface area (Å²) in [5.41, 5.74) is 3.05. The van der Waals surface area contributed by atoms with Crippen molar-refractivity contribution >= 4 is 21.4 Å². The van der Waals surface area contributed by atoms with E-state index in [1.807, 2.05) is 24.3 Å². The minimum Gasteiger partial charge on any atom is -0.497 e. The standard InChI is InChI=1S/C23H25N3O4S2/c1-29-20-4-2-17(3-5-20)23-24-19(16-31-23)15-25-9-11-26(12-10-25)32(27,28)21-6-7-22-18(14-21)8-13-30-22/h2-7,14,16H,8-13,15H2,1H3. The van der Waals surface area contributed by atoms with E-state index in [0.717, 1.165) is 46.3 Å². The van der Waals surface area contributed by atoms with E-state index in [1.165, 1.54) is 0 Å². The molecule has 7 nitrogen and oxygen atoms in total. The van der Waals surface area contributed by atoms with Crippen LogP contribution in [0.5, 0.6) is 11.5 Å². The van der Waals surface area contributed by atoms with Gasteiger partial charge in [-0.1, -0.05) is 0 Å². The molecule has 0 aliphatic carbocycles. The molecule has 9 heteroatoms. The highest BCUT2D eigenvalue weighted by Gasteiger charge is 2.29. The number of ether oxygens (including phenoxy) is 2. The number of nitrogens with zero attached hydrogens (tertiary/aromatic N) is 3. The van der Waals surface area contributed by atoms with Crippen LogP contribution in [0.15, 0.2) is 52.7 Å². The molecule has 2 aromatic carbocycles. The van der Waals surface area contributed by atoms with Gasteiger partial charge in [0, 0.05) is 50.1 Å². The van der Waals surface area contributed by atoms with Crippen molar-refractivity contribution in [2.45, 2.75) is 17.9 Å². The molecule has 3 heterocycles. The van der Waals surface area contributed by atoms with Crippen LogP contribution >= 0.6 is 11.3 Å². The topological polar surface area (TPSA) is 72.0 Å². The quantitative estimate of drug-likeness (QED) is 0.550. The maximum atomic E-state index is 13.1. The lowest BCUT2D eigenvalue weighted by molar-refractivity contribution is 0.180. The molecule has 0 amide bonds. The lowest BCUT2D eigenvalue weighted by atomic mass is 10.2. The summed E-state index contributed by atoms with van der Waals surface area (Å²) >= 11 is 1.62. The second kappa shape index (κ2) is 8.82. The minimum absolute atomic E-state index is 0.360. The van der Waals surface area contributed by atoms with Gasteiger partial charge in [-0.2, -0.15) is 4.31 Å². The fraction of sp³-hybridized carbons (Fsp3) is 0.348. The predicted octanol–water partition coefficient (Wildman–Crippen LogP) is 3.26. The highest BCUT2D eigenvalue weighted by Crippen LogP contribution is 2.30. The molecule has 0 saturated carbocycles. The minimum atomic E-state index is -3.49. The van der Waals surface area contributed by atoms with E-state index in [4.69, 9.17) is 14.5 Å². The van der Waals surface area contributed by atoms with Crippen LogP contribution in [0.2, 0.25) is 0 Å².